The zero-order valence-electron chi connectivity index (χ0n) is 10.1. The third kappa shape index (κ3) is 8.90. The molecule has 1 nitrogen and oxygen atoms in total. The Bertz CT molecular complexity index is 84.1. The maximum absolute atomic E-state index is 3.85. The summed E-state index contributed by atoms with van der Waals surface area (Å²) in [4.78, 5) is 2.51. The van der Waals surface area contributed by atoms with Gasteiger partial charge in [-0.3, -0.25) is 4.90 Å². The van der Waals surface area contributed by atoms with Crippen LogP contribution in [0.25, 0.3) is 0 Å². The first kappa shape index (κ1) is 19.2. The van der Waals surface area contributed by atoms with Crippen molar-refractivity contribution in [2.24, 2.45) is 0 Å². The second-order valence-electron chi connectivity index (χ2n) is 3.63. The van der Waals surface area contributed by atoms with Crippen molar-refractivity contribution in [3.8, 4) is 0 Å². The van der Waals surface area contributed by atoms with Crippen LogP contribution < -0.4 is 0 Å². The number of rotatable bonds is 5. The van der Waals surface area contributed by atoms with Crippen LogP contribution in [0.4, 0.5) is 0 Å². The van der Waals surface area contributed by atoms with Gasteiger partial charge in [0, 0.05) is 12.1 Å². The van der Waals surface area contributed by atoms with Crippen LogP contribution >= 0.6 is 0 Å². The van der Waals surface area contributed by atoms with Gasteiger partial charge >= 0.3 is 19.5 Å². The van der Waals surface area contributed by atoms with E-state index in [1.54, 1.807) is 0 Å². The predicted octanol–water partition coefficient (Wildman–Crippen LogP) is 3.17. The molecule has 0 amide bonds. The third-order valence-corrected chi connectivity index (χ3v) is 1.99. The quantitative estimate of drug-likeness (QED) is 0.524. The number of nitrogens with zero attached hydrogens (tertiary/aromatic N) is 1. The molecule has 0 N–H and O–H groups in total. The van der Waals surface area contributed by atoms with Gasteiger partial charge in [-0.25, -0.2) is 0 Å². The van der Waals surface area contributed by atoms with E-state index in [1.165, 1.54) is 13.0 Å². The first-order valence-electron chi connectivity index (χ1n) is 4.64. The zero-order chi connectivity index (χ0) is 8.85. The van der Waals surface area contributed by atoms with E-state index in [0.717, 1.165) is 6.42 Å². The summed E-state index contributed by atoms with van der Waals surface area (Å²) in [6.45, 7) is 14.1. The molecule has 0 atom stereocenters. The Morgan fingerprint density at radius 1 is 1.08 bits per heavy atom. The Balaban J connectivity index is -0.000000500. The second kappa shape index (κ2) is 10.7. The van der Waals surface area contributed by atoms with Crippen molar-refractivity contribution in [3.05, 3.63) is 14.4 Å². The van der Waals surface area contributed by atoms with E-state index in [0.29, 0.717) is 12.1 Å². The van der Waals surface area contributed by atoms with Crippen molar-refractivity contribution >= 4 is 0 Å². The molecular weight excluding hydrogens is 212 g/mol. The molecule has 0 aliphatic rings. The number of unbranched alkanes of at least 4 members (excludes halogenated alkanes) is 1. The van der Waals surface area contributed by atoms with E-state index < -0.39 is 0 Å². The van der Waals surface area contributed by atoms with E-state index in [4.69, 9.17) is 0 Å². The molecule has 0 rings (SSSR count). The van der Waals surface area contributed by atoms with Crippen molar-refractivity contribution in [2.75, 3.05) is 6.54 Å². The van der Waals surface area contributed by atoms with Gasteiger partial charge in [-0.2, -0.15) is 6.42 Å². The van der Waals surface area contributed by atoms with Crippen LogP contribution in [0, 0.1) is 14.4 Å². The zero-order valence-corrected chi connectivity index (χ0v) is 13.1. The summed E-state index contributed by atoms with van der Waals surface area (Å²) in [5.74, 6) is 0. The molecule has 0 aromatic carbocycles. The van der Waals surface area contributed by atoms with Crippen LogP contribution in [0.5, 0.6) is 0 Å². The summed E-state index contributed by atoms with van der Waals surface area (Å²) < 4.78 is 0. The summed E-state index contributed by atoms with van der Waals surface area (Å²) in [5, 5.41) is 0. The molecule has 0 unspecified atom stereocenters. The summed E-state index contributed by atoms with van der Waals surface area (Å²) in [5.41, 5.74) is 0. The van der Waals surface area contributed by atoms with Crippen LogP contribution in [0.15, 0.2) is 0 Å². The van der Waals surface area contributed by atoms with Gasteiger partial charge in [0.05, 0.1) is 0 Å². The predicted molar refractivity (Wildman–Crippen MR) is 58.0 cm³/mol. The Labute approximate surface area is 98.0 Å². The Morgan fingerprint density at radius 2 is 1.46 bits per heavy atom. The van der Waals surface area contributed by atoms with Gasteiger partial charge in [-0.05, 0) is 34.2 Å². The van der Waals surface area contributed by atoms with Crippen LogP contribution in [-0.4, -0.2) is 23.5 Å². The van der Waals surface area contributed by atoms with Gasteiger partial charge in [-0.1, -0.05) is 6.42 Å². The summed E-state index contributed by atoms with van der Waals surface area (Å²) in [6, 6.07) is 1.34. The molecule has 0 radical (unpaired) electrons. The fourth-order valence-corrected chi connectivity index (χ4v) is 1.41. The largest absolute Gasteiger partial charge is 2.00 e. The normalized spacial score (nSPS) is 10.2. The Morgan fingerprint density at radius 3 is 1.69 bits per heavy atom. The van der Waals surface area contributed by atoms with Crippen LogP contribution in [0.3, 0.4) is 0 Å². The van der Waals surface area contributed by atoms with Crippen molar-refractivity contribution in [1.29, 1.82) is 0 Å². The third-order valence-electron chi connectivity index (χ3n) is 1.99. The molecule has 0 aromatic heterocycles. The van der Waals surface area contributed by atoms with Gasteiger partial charge in [0.1, 0.15) is 0 Å². The van der Waals surface area contributed by atoms with Gasteiger partial charge < -0.3 is 14.4 Å². The molecule has 0 aromatic rings. The fourth-order valence-electron chi connectivity index (χ4n) is 1.41. The summed E-state index contributed by atoms with van der Waals surface area (Å²) in [6.07, 6.45) is 2.27. The first-order valence-corrected chi connectivity index (χ1v) is 4.64. The molecule has 0 aliphatic heterocycles. The standard InChI is InChI=1S/C10H22N.CH3.Zn/c1-6-7-8-11(9(2)3)10(4)5;;/h9-10H,1,6-8H2,2-5H3;1H3;/q2*-1;+2. The maximum atomic E-state index is 3.85. The minimum absolute atomic E-state index is 0. The van der Waals surface area contributed by atoms with Gasteiger partial charge in [0.15, 0.2) is 0 Å². The van der Waals surface area contributed by atoms with Crippen LogP contribution in [-0.2, 0) is 19.5 Å². The number of hydrogen-bond donors (Lipinski definition) is 0. The summed E-state index contributed by atoms with van der Waals surface area (Å²) in [7, 11) is 0. The smallest absolute Gasteiger partial charge is 0.358 e. The molecule has 0 fully saturated rings. The molecule has 0 saturated heterocycles. The van der Waals surface area contributed by atoms with Crippen molar-refractivity contribution in [2.45, 2.75) is 52.6 Å². The average molecular weight is 237 g/mol. The van der Waals surface area contributed by atoms with Crippen molar-refractivity contribution in [1.82, 2.24) is 4.90 Å². The number of hydrogen-bond acceptors (Lipinski definition) is 1. The maximum Gasteiger partial charge on any atom is 2.00 e. The Hall–Kier alpha value is 0.583. The van der Waals surface area contributed by atoms with E-state index in [9.17, 15) is 0 Å². The van der Waals surface area contributed by atoms with Crippen LogP contribution in [0.2, 0.25) is 0 Å². The minimum Gasteiger partial charge on any atom is -0.358 e. The Kier molecular flexibility index (Phi) is 15.8. The van der Waals surface area contributed by atoms with Gasteiger partial charge in [-0.15, -0.1) is 0 Å². The molecule has 13 heavy (non-hydrogen) atoms. The van der Waals surface area contributed by atoms with Crippen LogP contribution in [0.1, 0.15) is 40.5 Å². The van der Waals surface area contributed by atoms with Gasteiger partial charge in [0.2, 0.25) is 0 Å². The van der Waals surface area contributed by atoms with E-state index in [2.05, 4.69) is 39.5 Å². The average Bonchev–Trinajstić information content (AvgIpc) is 1.87. The molecule has 0 aliphatic carbocycles. The monoisotopic (exact) mass is 235 g/mol. The fraction of sp³-hybridized carbons (Fsp3) is 0.818. The molecular formula is C11H25NZn. The SMILES string of the molecule is [CH2-]CCCN(C(C)C)C(C)C.[CH3-].[Zn+2]. The second-order valence-corrected chi connectivity index (χ2v) is 3.63. The molecule has 0 heterocycles. The minimum atomic E-state index is 0. The van der Waals surface area contributed by atoms with Crippen molar-refractivity contribution < 1.29 is 19.5 Å². The van der Waals surface area contributed by atoms with E-state index in [-0.39, 0.29) is 26.9 Å². The topological polar surface area (TPSA) is 3.24 Å². The molecule has 76 valence electrons. The van der Waals surface area contributed by atoms with E-state index in [1.807, 2.05) is 0 Å². The van der Waals surface area contributed by atoms with Gasteiger partial charge in [0.25, 0.3) is 0 Å². The summed E-state index contributed by atoms with van der Waals surface area (Å²) >= 11 is 0. The molecule has 0 saturated carbocycles. The van der Waals surface area contributed by atoms with E-state index >= 15 is 0 Å². The first-order chi connectivity index (χ1) is 5.09. The molecule has 0 bridgehead atoms. The van der Waals surface area contributed by atoms with Crippen molar-refractivity contribution in [3.63, 3.8) is 0 Å². The molecule has 0 spiro atoms. The molecule has 2 heteroatoms.